The van der Waals surface area contributed by atoms with Gasteiger partial charge in [-0.2, -0.15) is 0 Å². The zero-order chi connectivity index (χ0) is 18.7. The Kier molecular flexibility index (Phi) is 5.09. The molecule has 0 aromatic heterocycles. The lowest BCUT2D eigenvalue weighted by Crippen LogP contribution is -2.53. The quantitative estimate of drug-likeness (QED) is 0.392. The minimum Gasteiger partial charge on any atom is -0.298 e. The Labute approximate surface area is 157 Å². The summed E-state index contributed by atoms with van der Waals surface area (Å²) in [5, 5.41) is 2.67. The molecule has 3 rings (SSSR count). The first kappa shape index (κ1) is 17.8. The molecule has 130 valence electrons. The van der Waals surface area contributed by atoms with E-state index in [9.17, 15) is 9.59 Å². The molecule has 1 aliphatic rings. The van der Waals surface area contributed by atoms with Crippen molar-refractivity contribution in [1.82, 2.24) is 10.2 Å². The molecule has 4 nitrogen and oxygen atoms in total. The Bertz CT molecular complexity index is 947. The molecule has 0 saturated carbocycles. The summed E-state index contributed by atoms with van der Waals surface area (Å²) in [4.78, 5) is 26.4. The minimum absolute atomic E-state index is 0.0569. The molecule has 26 heavy (non-hydrogen) atoms. The van der Waals surface area contributed by atoms with Crippen LogP contribution in [0.15, 0.2) is 66.8 Å². The van der Waals surface area contributed by atoms with Crippen molar-refractivity contribution in [2.45, 2.75) is 6.92 Å². The van der Waals surface area contributed by atoms with Crippen molar-refractivity contribution in [2.75, 3.05) is 6.54 Å². The molecule has 0 unspecified atom stereocenters. The Hall–Kier alpha value is -3.05. The average Bonchev–Trinajstić information content (AvgIpc) is 2.63. The highest BCUT2D eigenvalue weighted by atomic mass is 32.1. The first-order valence-electron chi connectivity index (χ1n) is 8.17. The van der Waals surface area contributed by atoms with Gasteiger partial charge >= 0.3 is 0 Å². The lowest BCUT2D eigenvalue weighted by molar-refractivity contribution is -0.128. The van der Waals surface area contributed by atoms with Crippen LogP contribution in [0.4, 0.5) is 0 Å². The minimum atomic E-state index is -0.486. The molecule has 0 aliphatic carbocycles. The predicted octanol–water partition coefficient (Wildman–Crippen LogP) is 3.47. The van der Waals surface area contributed by atoms with Gasteiger partial charge in [-0.05, 0) is 47.5 Å². The van der Waals surface area contributed by atoms with Crippen LogP contribution in [0.2, 0.25) is 0 Å². The number of hydrogen-bond donors (Lipinski definition) is 1. The van der Waals surface area contributed by atoms with Crippen LogP contribution in [0.5, 0.6) is 0 Å². The molecule has 2 aromatic carbocycles. The van der Waals surface area contributed by atoms with Crippen molar-refractivity contribution in [3.05, 3.63) is 77.9 Å². The number of carbonyl (C=O) groups is 2. The van der Waals surface area contributed by atoms with Gasteiger partial charge in [0.15, 0.2) is 5.11 Å². The van der Waals surface area contributed by atoms with Crippen LogP contribution in [0.25, 0.3) is 17.2 Å². The molecular weight excluding hydrogens is 344 g/mol. The maximum absolute atomic E-state index is 12.7. The Morgan fingerprint density at radius 1 is 1.08 bits per heavy atom. The number of nitrogens with zero attached hydrogens (tertiary/aromatic N) is 1. The lowest BCUT2D eigenvalue weighted by Gasteiger charge is -2.28. The fourth-order valence-electron chi connectivity index (χ4n) is 2.89. The van der Waals surface area contributed by atoms with Gasteiger partial charge in [0.2, 0.25) is 0 Å². The first-order valence-corrected chi connectivity index (χ1v) is 8.58. The third-order valence-electron chi connectivity index (χ3n) is 4.19. The van der Waals surface area contributed by atoms with Gasteiger partial charge in [-0.3, -0.25) is 19.8 Å². The van der Waals surface area contributed by atoms with E-state index in [-0.39, 0.29) is 17.2 Å². The number of thiocarbonyl (C=S) groups is 1. The largest absolute Gasteiger partial charge is 0.298 e. The molecule has 2 amide bonds. The second kappa shape index (κ2) is 7.45. The summed E-state index contributed by atoms with van der Waals surface area (Å²) in [7, 11) is 0. The van der Waals surface area contributed by atoms with Crippen molar-refractivity contribution in [3.63, 3.8) is 0 Å². The van der Waals surface area contributed by atoms with Crippen molar-refractivity contribution in [2.24, 2.45) is 0 Å². The topological polar surface area (TPSA) is 49.4 Å². The van der Waals surface area contributed by atoms with Gasteiger partial charge in [-0.1, -0.05) is 54.6 Å². The summed E-state index contributed by atoms with van der Waals surface area (Å²) in [6, 6.07) is 15.7. The summed E-state index contributed by atoms with van der Waals surface area (Å²) in [5.74, 6) is -0.905. The van der Waals surface area contributed by atoms with Crippen LogP contribution in [-0.2, 0) is 9.59 Å². The molecule has 0 bridgehead atoms. The number of amides is 2. The average molecular weight is 362 g/mol. The number of carbonyl (C=O) groups excluding carboxylic acids is 2. The number of rotatable bonds is 4. The van der Waals surface area contributed by atoms with Gasteiger partial charge in [0, 0.05) is 6.54 Å². The van der Waals surface area contributed by atoms with Crippen LogP contribution in [0.1, 0.15) is 11.1 Å². The fourth-order valence-corrected chi connectivity index (χ4v) is 3.14. The number of aryl methyl sites for hydroxylation is 1. The Morgan fingerprint density at radius 2 is 1.73 bits per heavy atom. The van der Waals surface area contributed by atoms with E-state index in [1.807, 2.05) is 55.5 Å². The lowest BCUT2D eigenvalue weighted by atomic mass is 9.94. The van der Waals surface area contributed by atoms with Gasteiger partial charge in [-0.15, -0.1) is 6.58 Å². The second-order valence-corrected chi connectivity index (χ2v) is 6.31. The Morgan fingerprint density at radius 3 is 2.42 bits per heavy atom. The van der Waals surface area contributed by atoms with E-state index in [0.717, 1.165) is 22.3 Å². The smallest absolute Gasteiger partial charge is 0.265 e. The maximum Gasteiger partial charge on any atom is 0.265 e. The first-order chi connectivity index (χ1) is 12.5. The number of nitrogens with one attached hydrogen (secondary N) is 1. The molecule has 1 aliphatic heterocycles. The second-order valence-electron chi connectivity index (χ2n) is 5.92. The van der Waals surface area contributed by atoms with Crippen LogP contribution in [-0.4, -0.2) is 28.4 Å². The monoisotopic (exact) mass is 362 g/mol. The highest BCUT2D eigenvalue weighted by Crippen LogP contribution is 2.28. The van der Waals surface area contributed by atoms with Gasteiger partial charge in [0.05, 0.1) is 0 Å². The zero-order valence-corrected chi connectivity index (χ0v) is 15.2. The van der Waals surface area contributed by atoms with E-state index in [0.29, 0.717) is 0 Å². The van der Waals surface area contributed by atoms with E-state index in [4.69, 9.17) is 12.2 Å². The van der Waals surface area contributed by atoms with E-state index < -0.39 is 11.8 Å². The highest BCUT2D eigenvalue weighted by Gasteiger charge is 2.32. The summed E-state index contributed by atoms with van der Waals surface area (Å²) in [6.45, 7) is 5.90. The molecule has 2 aromatic rings. The van der Waals surface area contributed by atoms with Crippen LogP contribution in [0.3, 0.4) is 0 Å². The summed E-state index contributed by atoms with van der Waals surface area (Å²) in [6.07, 6.45) is 3.19. The maximum atomic E-state index is 12.7. The van der Waals surface area contributed by atoms with E-state index in [1.54, 1.807) is 12.2 Å². The van der Waals surface area contributed by atoms with Gasteiger partial charge in [0.1, 0.15) is 5.57 Å². The normalized spacial score (nSPS) is 16.0. The third kappa shape index (κ3) is 3.34. The SMILES string of the molecule is C=CCN1C(=O)C(=Cc2ccccc2-c2ccccc2C)C(=O)NC1=S. The van der Waals surface area contributed by atoms with Crippen LogP contribution < -0.4 is 5.32 Å². The van der Waals surface area contributed by atoms with E-state index >= 15 is 0 Å². The fraction of sp³-hybridized carbons (Fsp3) is 0.0952. The van der Waals surface area contributed by atoms with Crippen molar-refractivity contribution < 1.29 is 9.59 Å². The number of benzene rings is 2. The van der Waals surface area contributed by atoms with E-state index in [2.05, 4.69) is 11.9 Å². The Balaban J connectivity index is 2.09. The molecular formula is C21H18N2O2S. The summed E-state index contributed by atoms with van der Waals surface area (Å²) >= 11 is 5.08. The zero-order valence-electron chi connectivity index (χ0n) is 14.4. The number of hydrogen-bond acceptors (Lipinski definition) is 3. The molecule has 1 heterocycles. The molecule has 1 N–H and O–H groups in total. The van der Waals surface area contributed by atoms with Crippen molar-refractivity contribution in [3.8, 4) is 11.1 Å². The van der Waals surface area contributed by atoms with E-state index in [1.165, 1.54) is 4.90 Å². The highest BCUT2D eigenvalue weighted by molar-refractivity contribution is 7.80. The van der Waals surface area contributed by atoms with Crippen LogP contribution >= 0.6 is 12.2 Å². The standard InChI is InChI=1S/C21H18N2O2S/c1-3-12-23-20(25)18(19(24)22-21(23)26)13-15-9-5-7-11-17(15)16-10-6-4-8-14(16)2/h3-11,13H,1,12H2,2H3,(H,22,24,26). The van der Waals surface area contributed by atoms with Gasteiger partial charge in [0.25, 0.3) is 11.8 Å². The molecule has 5 heteroatoms. The van der Waals surface area contributed by atoms with Gasteiger partial charge in [-0.25, -0.2) is 0 Å². The molecule has 0 radical (unpaired) electrons. The molecule has 1 saturated heterocycles. The molecule has 1 fully saturated rings. The third-order valence-corrected chi connectivity index (χ3v) is 4.52. The van der Waals surface area contributed by atoms with Crippen molar-refractivity contribution >= 4 is 35.2 Å². The summed E-state index contributed by atoms with van der Waals surface area (Å²) < 4.78 is 0. The van der Waals surface area contributed by atoms with Crippen molar-refractivity contribution in [1.29, 1.82) is 0 Å². The predicted molar refractivity (Wildman–Crippen MR) is 107 cm³/mol. The molecule has 0 atom stereocenters. The van der Waals surface area contributed by atoms with Gasteiger partial charge < -0.3 is 0 Å². The molecule has 0 spiro atoms. The van der Waals surface area contributed by atoms with Crippen LogP contribution in [0, 0.1) is 6.92 Å². The summed E-state index contributed by atoms with van der Waals surface area (Å²) in [5.41, 5.74) is 3.99.